The molecule has 200 valence electrons. The highest BCUT2D eigenvalue weighted by Crippen LogP contribution is 2.26. The second kappa shape index (κ2) is 11.8. The first-order chi connectivity index (χ1) is 18.5. The molecule has 1 N–H and O–H groups in total. The molecule has 0 unspecified atom stereocenters. The van der Waals surface area contributed by atoms with Crippen LogP contribution in [-0.4, -0.2) is 65.3 Å². The number of benzene rings is 2. The maximum atomic E-state index is 11.8. The molecule has 0 amide bonds. The lowest BCUT2D eigenvalue weighted by molar-refractivity contribution is 0.0692. The highest BCUT2D eigenvalue weighted by molar-refractivity contribution is 5.88. The van der Waals surface area contributed by atoms with Gasteiger partial charge in [-0.15, -0.1) is 0 Å². The number of carboxylic acids is 1. The van der Waals surface area contributed by atoms with Crippen LogP contribution in [0.15, 0.2) is 42.6 Å². The lowest BCUT2D eigenvalue weighted by Crippen LogP contribution is -2.48. The van der Waals surface area contributed by atoms with Crippen LogP contribution in [0.4, 0.5) is 5.95 Å². The van der Waals surface area contributed by atoms with E-state index in [-0.39, 0.29) is 12.2 Å². The number of nitrogens with zero attached hydrogens (tertiary/aromatic N) is 4. The fraction of sp³-hybridized carbons (Fsp3) is 0.433. The number of carboxylic acid groups (broad SMARTS) is 1. The number of ether oxygens (including phenoxy) is 2. The Morgan fingerprint density at radius 1 is 1.00 bits per heavy atom. The fourth-order valence-electron chi connectivity index (χ4n) is 5.14. The molecule has 0 saturated carbocycles. The third-order valence-corrected chi connectivity index (χ3v) is 7.66. The Morgan fingerprint density at radius 2 is 1.79 bits per heavy atom. The number of piperazine rings is 1. The van der Waals surface area contributed by atoms with Gasteiger partial charge in [-0.2, -0.15) is 0 Å². The largest absolute Gasteiger partial charge is 0.492 e. The van der Waals surface area contributed by atoms with E-state index in [1.807, 2.05) is 18.2 Å². The summed E-state index contributed by atoms with van der Waals surface area (Å²) in [7, 11) is 0. The molecule has 1 aliphatic carbocycles. The molecule has 38 heavy (non-hydrogen) atoms. The average Bonchev–Trinajstić information content (AvgIpc) is 2.94. The van der Waals surface area contributed by atoms with E-state index in [0.717, 1.165) is 57.1 Å². The van der Waals surface area contributed by atoms with Gasteiger partial charge in [0.2, 0.25) is 5.95 Å². The van der Waals surface area contributed by atoms with Gasteiger partial charge in [-0.05, 0) is 80.0 Å². The number of rotatable bonds is 9. The molecule has 2 aromatic carbocycles. The van der Waals surface area contributed by atoms with Crippen molar-refractivity contribution in [1.29, 1.82) is 0 Å². The predicted octanol–water partition coefficient (Wildman–Crippen LogP) is 4.45. The van der Waals surface area contributed by atoms with Crippen molar-refractivity contribution in [2.45, 2.75) is 46.1 Å². The number of hydrogen-bond acceptors (Lipinski definition) is 7. The van der Waals surface area contributed by atoms with E-state index >= 15 is 0 Å². The van der Waals surface area contributed by atoms with Crippen molar-refractivity contribution in [2.24, 2.45) is 0 Å². The Balaban J connectivity index is 1.17. The molecule has 5 rings (SSSR count). The minimum atomic E-state index is -1.05. The summed E-state index contributed by atoms with van der Waals surface area (Å²) in [6.45, 7) is 9.01. The average molecular weight is 517 g/mol. The van der Waals surface area contributed by atoms with Gasteiger partial charge in [-0.3, -0.25) is 4.90 Å². The van der Waals surface area contributed by atoms with Crippen LogP contribution in [-0.2, 0) is 19.4 Å². The van der Waals surface area contributed by atoms with Crippen molar-refractivity contribution in [1.82, 2.24) is 14.9 Å². The van der Waals surface area contributed by atoms with Crippen LogP contribution in [0.25, 0.3) is 0 Å². The second-order valence-electron chi connectivity index (χ2n) is 10.1. The number of aromatic nitrogens is 2. The Kier molecular flexibility index (Phi) is 8.08. The summed E-state index contributed by atoms with van der Waals surface area (Å²) in [6, 6.07) is 12.3. The number of aryl methyl sites for hydroxylation is 3. The minimum Gasteiger partial charge on any atom is -0.492 e. The van der Waals surface area contributed by atoms with Crippen LogP contribution >= 0.6 is 0 Å². The Bertz CT molecular complexity index is 1290. The molecule has 1 fully saturated rings. The summed E-state index contributed by atoms with van der Waals surface area (Å²) >= 11 is 0. The molecule has 8 heteroatoms. The van der Waals surface area contributed by atoms with Gasteiger partial charge in [0.05, 0.1) is 5.69 Å². The maximum Gasteiger partial charge on any atom is 0.339 e. The van der Waals surface area contributed by atoms with Crippen LogP contribution < -0.4 is 14.4 Å². The second-order valence-corrected chi connectivity index (χ2v) is 10.1. The topological polar surface area (TPSA) is 88.0 Å². The monoisotopic (exact) mass is 516 g/mol. The molecule has 0 radical (unpaired) electrons. The quantitative estimate of drug-likeness (QED) is 0.446. The summed E-state index contributed by atoms with van der Waals surface area (Å²) in [5.41, 5.74) is 5.60. The Labute approximate surface area is 224 Å². The van der Waals surface area contributed by atoms with Gasteiger partial charge in [0.1, 0.15) is 30.3 Å². The van der Waals surface area contributed by atoms with Crippen molar-refractivity contribution >= 4 is 11.9 Å². The molecular weight excluding hydrogens is 480 g/mol. The molecule has 2 aliphatic rings. The molecule has 1 aliphatic heterocycles. The van der Waals surface area contributed by atoms with E-state index in [1.165, 1.54) is 41.3 Å². The van der Waals surface area contributed by atoms with Crippen molar-refractivity contribution < 1.29 is 19.4 Å². The molecule has 8 nitrogen and oxygen atoms in total. The van der Waals surface area contributed by atoms with E-state index in [4.69, 9.17) is 9.47 Å². The molecule has 0 spiro atoms. The van der Waals surface area contributed by atoms with Crippen LogP contribution in [0, 0.1) is 13.8 Å². The van der Waals surface area contributed by atoms with E-state index < -0.39 is 5.97 Å². The van der Waals surface area contributed by atoms with Crippen molar-refractivity contribution in [2.75, 3.05) is 44.2 Å². The first-order valence-corrected chi connectivity index (χ1v) is 13.5. The molecule has 1 saturated heterocycles. The number of anilines is 1. The van der Waals surface area contributed by atoms with E-state index in [0.29, 0.717) is 18.2 Å². The molecule has 1 aromatic heterocycles. The summed E-state index contributed by atoms with van der Waals surface area (Å²) in [6.07, 6.45) is 6.01. The highest BCUT2D eigenvalue weighted by atomic mass is 16.5. The van der Waals surface area contributed by atoms with Gasteiger partial charge in [0, 0.05) is 38.9 Å². The highest BCUT2D eigenvalue weighted by Gasteiger charge is 2.22. The Hall–Kier alpha value is -3.65. The van der Waals surface area contributed by atoms with Crippen LogP contribution in [0.5, 0.6) is 11.5 Å². The minimum absolute atomic E-state index is 0.0777. The SMILES string of the molecule is Cc1cccc(OCCN2CCN(c3ncc(C(=O)O)c(COc4ccc5c(c4)CCCC5)n3)CC2)c1C. The maximum absolute atomic E-state index is 11.8. The third-order valence-electron chi connectivity index (χ3n) is 7.66. The van der Waals surface area contributed by atoms with Crippen LogP contribution in [0.3, 0.4) is 0 Å². The van der Waals surface area contributed by atoms with Crippen molar-refractivity contribution in [3.05, 3.63) is 76.1 Å². The normalized spacial score (nSPS) is 15.7. The number of fused-ring (bicyclic) bond motifs is 1. The lowest BCUT2D eigenvalue weighted by atomic mass is 9.92. The number of carbonyl (C=O) groups is 1. The van der Waals surface area contributed by atoms with Gasteiger partial charge < -0.3 is 19.5 Å². The van der Waals surface area contributed by atoms with Gasteiger partial charge in [0.15, 0.2) is 0 Å². The van der Waals surface area contributed by atoms with Crippen molar-refractivity contribution in [3.63, 3.8) is 0 Å². The zero-order valence-corrected chi connectivity index (χ0v) is 22.3. The summed E-state index contributed by atoms with van der Waals surface area (Å²) in [5.74, 6) is 1.19. The van der Waals surface area contributed by atoms with E-state index in [1.54, 1.807) is 0 Å². The summed E-state index contributed by atoms with van der Waals surface area (Å²) < 4.78 is 12.0. The van der Waals surface area contributed by atoms with Crippen LogP contribution in [0.1, 0.15) is 51.1 Å². The van der Waals surface area contributed by atoms with Crippen molar-refractivity contribution in [3.8, 4) is 11.5 Å². The van der Waals surface area contributed by atoms with Gasteiger partial charge >= 0.3 is 5.97 Å². The molecule has 0 atom stereocenters. The van der Waals surface area contributed by atoms with Gasteiger partial charge in [-0.25, -0.2) is 14.8 Å². The zero-order valence-electron chi connectivity index (χ0n) is 22.3. The summed E-state index contributed by atoms with van der Waals surface area (Å²) in [4.78, 5) is 25.3. The molecular formula is C30H36N4O4. The lowest BCUT2D eigenvalue weighted by Gasteiger charge is -2.34. The van der Waals surface area contributed by atoms with Gasteiger partial charge in [0.25, 0.3) is 0 Å². The summed E-state index contributed by atoms with van der Waals surface area (Å²) in [5, 5.41) is 9.69. The fourth-order valence-corrected chi connectivity index (χ4v) is 5.14. The molecule has 2 heterocycles. The first-order valence-electron chi connectivity index (χ1n) is 13.5. The Morgan fingerprint density at radius 3 is 2.58 bits per heavy atom. The molecule has 3 aromatic rings. The standard InChI is InChI=1S/C30H36N4O4/c1-21-6-5-9-28(22(21)2)37-17-16-33-12-14-34(15-13-33)30-31-19-26(29(35)36)27(32-30)20-38-25-11-10-23-7-3-4-8-24(23)18-25/h5-6,9-11,18-19H,3-4,7-8,12-17,20H2,1-2H3,(H,35,36). The third kappa shape index (κ3) is 6.07. The molecule has 0 bridgehead atoms. The van der Waals surface area contributed by atoms with Gasteiger partial charge in [-0.1, -0.05) is 18.2 Å². The van der Waals surface area contributed by atoms with E-state index in [9.17, 15) is 9.90 Å². The number of aromatic carboxylic acids is 1. The van der Waals surface area contributed by atoms with E-state index in [2.05, 4.69) is 51.8 Å². The van der Waals surface area contributed by atoms with Crippen LogP contribution in [0.2, 0.25) is 0 Å². The predicted molar refractivity (Wildman–Crippen MR) is 146 cm³/mol. The first kappa shape index (κ1) is 26.0. The number of hydrogen-bond donors (Lipinski definition) is 1. The zero-order chi connectivity index (χ0) is 26.5. The smallest absolute Gasteiger partial charge is 0.339 e.